The van der Waals surface area contributed by atoms with Crippen LogP contribution in [0.5, 0.6) is 5.75 Å². The highest BCUT2D eigenvalue weighted by atomic mass is 19.1. The van der Waals surface area contributed by atoms with Crippen molar-refractivity contribution in [1.29, 1.82) is 0 Å². The number of benzene rings is 1. The molecule has 2 N–H and O–H groups in total. The predicted molar refractivity (Wildman–Crippen MR) is 60.6 cm³/mol. The Labute approximate surface area is 99.6 Å². The highest BCUT2D eigenvalue weighted by molar-refractivity contribution is 5.26. The van der Waals surface area contributed by atoms with E-state index in [0.29, 0.717) is 6.61 Å². The standard InChI is InChI=1S/C12H17FO4/c1-16-10-4-2-9(3-5-10)7-17-8-12(15)11(14)6-13/h2-5,11-12,14-15H,6-8H2,1H3/t11-,12+/m0/s1. The molecule has 0 bridgehead atoms. The Hall–Kier alpha value is -1.17. The second kappa shape index (κ2) is 7.21. The van der Waals surface area contributed by atoms with Gasteiger partial charge in [0.1, 0.15) is 24.6 Å². The van der Waals surface area contributed by atoms with Crippen molar-refractivity contribution in [3.05, 3.63) is 29.8 Å². The third-order valence-electron chi connectivity index (χ3n) is 2.32. The summed E-state index contributed by atoms with van der Waals surface area (Å²) in [5.41, 5.74) is 0.910. The molecule has 1 aromatic rings. The summed E-state index contributed by atoms with van der Waals surface area (Å²) >= 11 is 0. The fraction of sp³-hybridized carbons (Fsp3) is 0.500. The lowest BCUT2D eigenvalue weighted by Gasteiger charge is -2.14. The Balaban J connectivity index is 2.30. The second-order valence-corrected chi connectivity index (χ2v) is 3.65. The van der Waals surface area contributed by atoms with Gasteiger partial charge in [-0.25, -0.2) is 4.39 Å². The van der Waals surface area contributed by atoms with E-state index < -0.39 is 18.9 Å². The largest absolute Gasteiger partial charge is 0.497 e. The lowest BCUT2D eigenvalue weighted by atomic mass is 10.2. The van der Waals surface area contributed by atoms with Gasteiger partial charge in [-0.1, -0.05) is 12.1 Å². The molecule has 0 saturated carbocycles. The van der Waals surface area contributed by atoms with Gasteiger partial charge in [0.15, 0.2) is 0 Å². The lowest BCUT2D eigenvalue weighted by molar-refractivity contribution is -0.0494. The van der Waals surface area contributed by atoms with E-state index in [2.05, 4.69) is 0 Å². The van der Waals surface area contributed by atoms with E-state index >= 15 is 0 Å². The van der Waals surface area contributed by atoms with E-state index in [1.165, 1.54) is 0 Å². The summed E-state index contributed by atoms with van der Waals surface area (Å²) in [5, 5.41) is 18.2. The van der Waals surface area contributed by atoms with Crippen LogP contribution in [0.3, 0.4) is 0 Å². The Morgan fingerprint density at radius 1 is 1.18 bits per heavy atom. The summed E-state index contributed by atoms with van der Waals surface area (Å²) in [6.45, 7) is -0.787. The molecule has 0 heterocycles. The van der Waals surface area contributed by atoms with E-state index in [1.807, 2.05) is 12.1 Å². The van der Waals surface area contributed by atoms with E-state index in [0.717, 1.165) is 11.3 Å². The minimum absolute atomic E-state index is 0.100. The van der Waals surface area contributed by atoms with Crippen molar-refractivity contribution in [2.24, 2.45) is 0 Å². The lowest BCUT2D eigenvalue weighted by Crippen LogP contribution is -2.32. The van der Waals surface area contributed by atoms with Crippen LogP contribution in [0.25, 0.3) is 0 Å². The van der Waals surface area contributed by atoms with Crippen LogP contribution in [0.2, 0.25) is 0 Å². The summed E-state index contributed by atoms with van der Waals surface area (Å²) < 4.78 is 22.2. The molecule has 96 valence electrons. The van der Waals surface area contributed by atoms with Crippen LogP contribution >= 0.6 is 0 Å². The Bertz CT molecular complexity index is 315. The van der Waals surface area contributed by atoms with Gasteiger partial charge in [-0.2, -0.15) is 0 Å². The van der Waals surface area contributed by atoms with Gasteiger partial charge < -0.3 is 19.7 Å². The quantitative estimate of drug-likeness (QED) is 0.748. The molecule has 5 heteroatoms. The van der Waals surface area contributed by atoms with Crippen LogP contribution in [0.4, 0.5) is 4.39 Å². The van der Waals surface area contributed by atoms with E-state index in [1.54, 1.807) is 19.2 Å². The second-order valence-electron chi connectivity index (χ2n) is 3.65. The van der Waals surface area contributed by atoms with Crippen molar-refractivity contribution >= 4 is 0 Å². The Morgan fingerprint density at radius 2 is 1.82 bits per heavy atom. The zero-order valence-corrected chi connectivity index (χ0v) is 9.67. The number of aliphatic hydroxyl groups excluding tert-OH is 2. The van der Waals surface area contributed by atoms with Crippen molar-refractivity contribution in [3.8, 4) is 5.75 Å². The van der Waals surface area contributed by atoms with Gasteiger partial charge in [-0.15, -0.1) is 0 Å². The van der Waals surface area contributed by atoms with Gasteiger partial charge in [0.2, 0.25) is 0 Å². The molecular formula is C12H17FO4. The van der Waals surface area contributed by atoms with Gasteiger partial charge in [0.05, 0.1) is 20.3 Å². The first-order valence-corrected chi connectivity index (χ1v) is 5.30. The molecule has 0 saturated heterocycles. The van der Waals surface area contributed by atoms with Gasteiger partial charge in [0.25, 0.3) is 0 Å². The van der Waals surface area contributed by atoms with Crippen molar-refractivity contribution in [1.82, 2.24) is 0 Å². The SMILES string of the molecule is COc1ccc(COC[C@@H](O)[C@@H](O)CF)cc1. The molecule has 0 radical (unpaired) electrons. The molecule has 1 rings (SSSR count). The molecule has 2 atom stereocenters. The minimum Gasteiger partial charge on any atom is -0.497 e. The maximum atomic E-state index is 12.0. The Kier molecular flexibility index (Phi) is 5.90. The summed E-state index contributed by atoms with van der Waals surface area (Å²) in [7, 11) is 1.58. The fourth-order valence-corrected chi connectivity index (χ4v) is 1.23. The number of methoxy groups -OCH3 is 1. The monoisotopic (exact) mass is 244 g/mol. The molecule has 1 aromatic carbocycles. The van der Waals surface area contributed by atoms with Crippen molar-refractivity contribution in [2.45, 2.75) is 18.8 Å². The Morgan fingerprint density at radius 3 is 2.35 bits per heavy atom. The summed E-state index contributed by atoms with van der Waals surface area (Å²) in [6, 6.07) is 7.25. The van der Waals surface area contributed by atoms with Crippen molar-refractivity contribution in [2.75, 3.05) is 20.4 Å². The molecule has 0 amide bonds. The number of ether oxygens (including phenoxy) is 2. The van der Waals surface area contributed by atoms with Gasteiger partial charge >= 0.3 is 0 Å². The number of aliphatic hydroxyl groups is 2. The average molecular weight is 244 g/mol. The third-order valence-corrected chi connectivity index (χ3v) is 2.32. The maximum absolute atomic E-state index is 12.0. The average Bonchev–Trinajstić information content (AvgIpc) is 2.38. The molecule has 0 aliphatic carbocycles. The molecule has 0 aliphatic rings. The normalized spacial score (nSPS) is 14.4. The number of hydrogen-bond donors (Lipinski definition) is 2. The van der Waals surface area contributed by atoms with Gasteiger partial charge in [0, 0.05) is 0 Å². The van der Waals surface area contributed by atoms with Crippen LogP contribution < -0.4 is 4.74 Å². The van der Waals surface area contributed by atoms with Crippen LogP contribution in [-0.2, 0) is 11.3 Å². The highest BCUT2D eigenvalue weighted by Crippen LogP contribution is 2.12. The first-order chi connectivity index (χ1) is 8.17. The summed E-state index contributed by atoms with van der Waals surface area (Å²) in [6.07, 6.45) is -2.58. The number of halogens is 1. The van der Waals surface area contributed by atoms with E-state index in [9.17, 15) is 9.50 Å². The smallest absolute Gasteiger partial charge is 0.118 e. The molecular weight excluding hydrogens is 227 g/mol. The van der Waals surface area contributed by atoms with Crippen LogP contribution in [0.1, 0.15) is 5.56 Å². The molecule has 17 heavy (non-hydrogen) atoms. The molecule has 0 aromatic heterocycles. The van der Waals surface area contributed by atoms with Crippen LogP contribution in [0, 0.1) is 0 Å². The van der Waals surface area contributed by atoms with E-state index in [-0.39, 0.29) is 6.61 Å². The topological polar surface area (TPSA) is 58.9 Å². The van der Waals surface area contributed by atoms with Crippen molar-refractivity contribution in [3.63, 3.8) is 0 Å². The zero-order valence-electron chi connectivity index (χ0n) is 9.67. The first-order valence-electron chi connectivity index (χ1n) is 5.30. The van der Waals surface area contributed by atoms with Crippen LogP contribution in [-0.4, -0.2) is 42.8 Å². The number of hydrogen-bond acceptors (Lipinski definition) is 4. The number of rotatable bonds is 7. The summed E-state index contributed by atoms with van der Waals surface area (Å²) in [5.74, 6) is 0.752. The van der Waals surface area contributed by atoms with Crippen LogP contribution in [0.15, 0.2) is 24.3 Å². The molecule has 0 fully saturated rings. The zero-order chi connectivity index (χ0) is 12.7. The van der Waals surface area contributed by atoms with Gasteiger partial charge in [-0.05, 0) is 17.7 Å². The molecule has 0 aliphatic heterocycles. The number of alkyl halides is 1. The third kappa shape index (κ3) is 4.68. The molecule has 4 nitrogen and oxygen atoms in total. The molecule has 0 spiro atoms. The highest BCUT2D eigenvalue weighted by Gasteiger charge is 2.15. The predicted octanol–water partition coefficient (Wildman–Crippen LogP) is 0.903. The minimum atomic E-state index is -1.38. The van der Waals surface area contributed by atoms with E-state index in [4.69, 9.17) is 14.6 Å². The molecule has 0 unspecified atom stereocenters. The fourth-order valence-electron chi connectivity index (χ4n) is 1.23. The van der Waals surface area contributed by atoms with Crippen molar-refractivity contribution < 1.29 is 24.1 Å². The maximum Gasteiger partial charge on any atom is 0.118 e. The summed E-state index contributed by atoms with van der Waals surface area (Å²) in [4.78, 5) is 0. The van der Waals surface area contributed by atoms with Gasteiger partial charge in [-0.3, -0.25) is 0 Å². The first kappa shape index (κ1) is 13.9.